The molecule has 2 aliphatic carbocycles. The van der Waals surface area contributed by atoms with Gasteiger partial charge in [-0.25, -0.2) is 24.2 Å². The Hall–Kier alpha value is -9.13. The quantitative estimate of drug-likeness (QED) is 0.0169. The molecule has 0 aliphatic heterocycles. The smallest absolute Gasteiger partial charge is 0.333 e. The third kappa shape index (κ3) is 17.4. The Morgan fingerprint density at radius 3 is 1.74 bits per heavy atom. The van der Waals surface area contributed by atoms with E-state index in [2.05, 4.69) is 32.4 Å². The molecule has 428 valence electrons. The molecule has 2 fully saturated rings. The largest absolute Gasteiger partial charge is 0.490 e. The molecule has 0 bridgehead atoms. The minimum absolute atomic E-state index is 0.0698. The zero-order valence-electron chi connectivity index (χ0n) is 44.6. The van der Waals surface area contributed by atoms with Crippen molar-refractivity contribution < 1.29 is 86.0 Å². The number of esters is 7. The first-order chi connectivity index (χ1) is 39.6. The van der Waals surface area contributed by atoms with Crippen LogP contribution in [0.4, 0.5) is 0 Å². The van der Waals surface area contributed by atoms with Crippen LogP contribution in [0.5, 0.6) is 28.7 Å². The Balaban J connectivity index is 0.887. The highest BCUT2D eigenvalue weighted by atomic mass is 32.1. The number of carbonyl (C=O) groups excluding carboxylic acids is 7. The molecule has 4 aromatic carbocycles. The molecule has 2 aliphatic rings. The SMILES string of the molecule is C=CC(=O)OCC(COc1ccc(OC(=O)C2CCC(C(=O)Oc3ccc(CCOC(=O)C4CCC(C(O)Oc5ccc(OC(COC(=O)C=C)OC(=O)C=C)cc5)CC4)c4sc(-c5ccc(C#N)cc5)nc34)CC2)cc1)OC(=O)C=C. The maximum atomic E-state index is 13.8. The van der Waals surface area contributed by atoms with Gasteiger partial charge < -0.3 is 52.5 Å². The minimum Gasteiger partial charge on any atom is -0.490 e. The normalized spacial score (nSPS) is 17.6. The minimum atomic E-state index is -1.26. The summed E-state index contributed by atoms with van der Waals surface area (Å²) in [5, 5.41) is 21.0. The van der Waals surface area contributed by atoms with Crippen LogP contribution in [0.2, 0.25) is 0 Å². The number of hydrogen-bond acceptors (Lipinski definition) is 21. The summed E-state index contributed by atoms with van der Waals surface area (Å²) in [5.74, 6) is -4.25. The van der Waals surface area contributed by atoms with E-state index in [1.165, 1.54) is 23.5 Å². The maximum Gasteiger partial charge on any atom is 0.333 e. The van der Waals surface area contributed by atoms with Gasteiger partial charge in [-0.3, -0.25) is 14.4 Å². The number of rotatable bonds is 27. The molecule has 82 heavy (non-hydrogen) atoms. The number of fused-ring (bicyclic) bond motifs is 1. The van der Waals surface area contributed by atoms with Crippen LogP contribution >= 0.6 is 11.3 Å². The number of ether oxygens (including phenoxy) is 10. The lowest BCUT2D eigenvalue weighted by Crippen LogP contribution is -2.32. The van der Waals surface area contributed by atoms with Crippen LogP contribution in [0, 0.1) is 35.0 Å². The Morgan fingerprint density at radius 2 is 1.13 bits per heavy atom. The fourth-order valence-electron chi connectivity index (χ4n) is 8.92. The molecule has 1 N–H and O–H groups in total. The van der Waals surface area contributed by atoms with E-state index >= 15 is 0 Å². The number of nitriles is 1. The van der Waals surface area contributed by atoms with Crippen molar-refractivity contribution in [3.63, 3.8) is 0 Å². The Kier molecular flexibility index (Phi) is 22.1. The van der Waals surface area contributed by atoms with E-state index in [0.29, 0.717) is 85.4 Å². The van der Waals surface area contributed by atoms with Crippen LogP contribution in [0.15, 0.2) is 136 Å². The highest BCUT2D eigenvalue weighted by Gasteiger charge is 2.34. The Morgan fingerprint density at radius 1 is 0.598 bits per heavy atom. The Bertz CT molecular complexity index is 3150. The number of carbonyl (C=O) groups is 7. The zero-order valence-corrected chi connectivity index (χ0v) is 45.5. The van der Waals surface area contributed by atoms with E-state index in [1.54, 1.807) is 66.7 Å². The second kappa shape index (κ2) is 29.9. The molecule has 5 aromatic rings. The van der Waals surface area contributed by atoms with Crippen LogP contribution in [0.25, 0.3) is 20.8 Å². The van der Waals surface area contributed by atoms with E-state index in [0.717, 1.165) is 40.1 Å². The lowest BCUT2D eigenvalue weighted by atomic mass is 9.81. The standard InChI is InChI=1S/C61H60N2O18S/c1-5-50(64)74-35-48(76-52(66)7-3)34-73-44-22-24-46(25-23-44)78-60(70)42-17-19-43(20-18-42)61(71)80-49-30-21-38(56-55(49)63-57(82-56)39-11-9-37(33-62)10-12-39)31-32-72-58(68)40-13-15-41(16-14-40)59(69)79-47-28-26-45(27-29-47)77-54(81-53(67)8-4)36-75-51(65)6-2/h5-12,21-30,40-43,48,54,59,69H,1-4,13-20,31-32,34-36H2. The van der Waals surface area contributed by atoms with Crippen molar-refractivity contribution in [3.05, 3.63) is 147 Å². The average Bonchev–Trinajstić information content (AvgIpc) is 4.01. The first kappa shape index (κ1) is 60.5. The molecule has 0 spiro atoms. The second-order valence-corrected chi connectivity index (χ2v) is 19.9. The first-order valence-corrected chi connectivity index (χ1v) is 27.1. The second-order valence-electron chi connectivity index (χ2n) is 18.9. The summed E-state index contributed by atoms with van der Waals surface area (Å²) in [7, 11) is 0. The van der Waals surface area contributed by atoms with Crippen molar-refractivity contribution >= 4 is 63.3 Å². The fraction of sp³-hybridized carbons (Fsp3) is 0.328. The molecule has 0 amide bonds. The molecule has 3 unspecified atom stereocenters. The van der Waals surface area contributed by atoms with Crippen LogP contribution in [-0.2, 0) is 63.7 Å². The van der Waals surface area contributed by atoms with Crippen molar-refractivity contribution in [2.24, 2.45) is 23.7 Å². The molecule has 0 radical (unpaired) electrons. The Labute approximate surface area is 476 Å². The van der Waals surface area contributed by atoms with E-state index in [9.17, 15) is 43.9 Å². The van der Waals surface area contributed by atoms with Gasteiger partial charge >= 0.3 is 41.8 Å². The van der Waals surface area contributed by atoms with Crippen LogP contribution in [0.3, 0.4) is 0 Å². The third-order valence-electron chi connectivity index (χ3n) is 13.4. The number of benzene rings is 4. The summed E-state index contributed by atoms with van der Waals surface area (Å²) < 4.78 is 55.7. The lowest BCUT2D eigenvalue weighted by molar-refractivity contribution is -0.170. The molecule has 1 aromatic heterocycles. The topological polar surface area (TPSA) is 269 Å². The van der Waals surface area contributed by atoms with Crippen molar-refractivity contribution in [2.45, 2.75) is 76.5 Å². The summed E-state index contributed by atoms with van der Waals surface area (Å²) >= 11 is 1.38. The van der Waals surface area contributed by atoms with Gasteiger partial charge in [0.05, 0.1) is 40.7 Å². The van der Waals surface area contributed by atoms with Crippen molar-refractivity contribution in [1.29, 1.82) is 5.26 Å². The number of aliphatic hydroxyl groups is 1. The van der Waals surface area contributed by atoms with E-state index in [1.807, 2.05) is 6.07 Å². The molecule has 1 heterocycles. The van der Waals surface area contributed by atoms with Gasteiger partial charge in [-0.05, 0) is 124 Å². The number of thiazole rings is 1. The van der Waals surface area contributed by atoms with Crippen LogP contribution in [-0.4, -0.2) is 97.0 Å². The maximum absolute atomic E-state index is 13.8. The molecular formula is C61H60N2O18S. The number of aliphatic hydroxyl groups excluding tert-OH is 1. The zero-order chi connectivity index (χ0) is 58.5. The predicted molar refractivity (Wildman–Crippen MR) is 295 cm³/mol. The van der Waals surface area contributed by atoms with Gasteiger partial charge in [0, 0.05) is 42.2 Å². The molecule has 0 saturated heterocycles. The summed E-state index contributed by atoms with van der Waals surface area (Å²) in [6.07, 6.45) is 4.36. The fourth-order valence-corrected chi connectivity index (χ4v) is 10.0. The summed E-state index contributed by atoms with van der Waals surface area (Å²) in [4.78, 5) is 91.9. The molecule has 2 saturated carbocycles. The monoisotopic (exact) mass is 1140 g/mol. The third-order valence-corrected chi connectivity index (χ3v) is 14.6. The van der Waals surface area contributed by atoms with Crippen LogP contribution < -0.4 is 23.7 Å². The molecule has 3 atom stereocenters. The highest BCUT2D eigenvalue weighted by molar-refractivity contribution is 7.21. The highest BCUT2D eigenvalue weighted by Crippen LogP contribution is 2.40. The summed E-state index contributed by atoms with van der Waals surface area (Å²) in [6, 6.07) is 25.0. The first-order valence-electron chi connectivity index (χ1n) is 26.3. The number of hydrogen-bond donors (Lipinski definition) is 1. The van der Waals surface area contributed by atoms with Gasteiger partial charge in [0.25, 0.3) is 6.29 Å². The number of nitrogens with zero attached hydrogens (tertiary/aromatic N) is 2. The van der Waals surface area contributed by atoms with Gasteiger partial charge in [-0.1, -0.05) is 44.5 Å². The predicted octanol–water partition coefficient (Wildman–Crippen LogP) is 8.81. The van der Waals surface area contributed by atoms with Gasteiger partial charge in [0.2, 0.25) is 0 Å². The molecular weight excluding hydrogens is 1080 g/mol. The van der Waals surface area contributed by atoms with Crippen LogP contribution in [0.1, 0.15) is 62.5 Å². The van der Waals surface area contributed by atoms with Crippen molar-refractivity contribution in [1.82, 2.24) is 4.98 Å². The van der Waals surface area contributed by atoms with Gasteiger partial charge in [-0.15, -0.1) is 11.3 Å². The van der Waals surface area contributed by atoms with E-state index < -0.39 is 72.9 Å². The molecule has 20 nitrogen and oxygen atoms in total. The summed E-state index contributed by atoms with van der Waals surface area (Å²) in [5.41, 5.74) is 2.51. The number of aromatic nitrogens is 1. The van der Waals surface area contributed by atoms with E-state index in [4.69, 9.17) is 52.4 Å². The van der Waals surface area contributed by atoms with Crippen molar-refractivity contribution in [2.75, 3.05) is 26.4 Å². The average molecular weight is 1140 g/mol. The molecule has 7 rings (SSSR count). The molecule has 21 heteroatoms. The van der Waals surface area contributed by atoms with Gasteiger partial charge in [0.1, 0.15) is 46.7 Å². The van der Waals surface area contributed by atoms with E-state index in [-0.39, 0.29) is 54.9 Å². The summed E-state index contributed by atoms with van der Waals surface area (Å²) in [6.45, 7) is 12.6. The van der Waals surface area contributed by atoms with Gasteiger partial charge in [0.15, 0.2) is 24.8 Å². The van der Waals surface area contributed by atoms with Crippen molar-refractivity contribution in [3.8, 4) is 45.4 Å². The lowest BCUT2D eigenvalue weighted by Gasteiger charge is -2.30. The van der Waals surface area contributed by atoms with Gasteiger partial charge in [-0.2, -0.15) is 5.26 Å².